The maximum Gasteiger partial charge on any atom is 0.337 e. The molecular weight excluding hydrogens is 222 g/mol. The minimum Gasteiger partial charge on any atom is -0.459 e. The summed E-state index contributed by atoms with van der Waals surface area (Å²) < 4.78 is 9.86. The summed E-state index contributed by atoms with van der Waals surface area (Å²) in [7, 11) is 0. The van der Waals surface area contributed by atoms with Gasteiger partial charge in [0.25, 0.3) is 0 Å². The van der Waals surface area contributed by atoms with Crippen molar-refractivity contribution in [1.82, 2.24) is 0 Å². The van der Waals surface area contributed by atoms with Gasteiger partial charge in [0.2, 0.25) is 0 Å². The number of benzene rings is 1. The second kappa shape index (κ2) is 7.78. The number of hydrogen-bond acceptors (Lipinski definition) is 5. The van der Waals surface area contributed by atoms with Gasteiger partial charge in [0.05, 0.1) is 13.2 Å². The Bertz CT molecular complexity index is 329. The molecule has 0 aliphatic carbocycles. The third-order valence-electron chi connectivity index (χ3n) is 2.03. The van der Waals surface area contributed by atoms with Crippen LogP contribution in [0.2, 0.25) is 0 Å². The zero-order valence-electron chi connectivity index (χ0n) is 9.54. The first-order valence-corrected chi connectivity index (χ1v) is 5.40. The van der Waals surface area contributed by atoms with E-state index >= 15 is 0 Å². The van der Waals surface area contributed by atoms with Gasteiger partial charge in [0.1, 0.15) is 6.61 Å². The largest absolute Gasteiger partial charge is 0.459 e. The van der Waals surface area contributed by atoms with E-state index in [-0.39, 0.29) is 13.2 Å². The Morgan fingerprint density at radius 3 is 2.71 bits per heavy atom. The molecule has 0 spiro atoms. The third-order valence-corrected chi connectivity index (χ3v) is 2.03. The Kier molecular flexibility index (Phi) is 6.24. The molecule has 5 nitrogen and oxygen atoms in total. The molecule has 0 fully saturated rings. The highest BCUT2D eigenvalue weighted by molar-refractivity contribution is 5.74. The number of rotatable bonds is 7. The van der Waals surface area contributed by atoms with E-state index in [1.165, 1.54) is 0 Å². The van der Waals surface area contributed by atoms with Crippen LogP contribution < -0.4 is 5.73 Å². The average molecular weight is 239 g/mol. The Morgan fingerprint density at radius 2 is 2.06 bits per heavy atom. The maximum absolute atomic E-state index is 11.3. The van der Waals surface area contributed by atoms with Crippen molar-refractivity contribution in [2.45, 2.75) is 12.7 Å². The summed E-state index contributed by atoms with van der Waals surface area (Å²) in [6.07, 6.45) is -1.26. The molecule has 0 saturated heterocycles. The standard InChI is InChI=1S/C12H17NO4/c13-6-7-16-9-11(14)12(15)17-8-10-4-2-1-3-5-10/h1-5,11,14H,6-9,13H2. The number of aliphatic hydroxyl groups excluding tert-OH is 1. The fraction of sp³-hybridized carbons (Fsp3) is 0.417. The fourth-order valence-corrected chi connectivity index (χ4v) is 1.17. The number of hydrogen-bond donors (Lipinski definition) is 2. The maximum atomic E-state index is 11.3. The first kappa shape index (κ1) is 13.6. The van der Waals surface area contributed by atoms with Gasteiger partial charge in [-0.05, 0) is 5.56 Å². The molecule has 17 heavy (non-hydrogen) atoms. The van der Waals surface area contributed by atoms with E-state index < -0.39 is 12.1 Å². The first-order chi connectivity index (χ1) is 8.24. The normalized spacial score (nSPS) is 12.1. The van der Waals surface area contributed by atoms with Crippen LogP contribution in [0.1, 0.15) is 5.56 Å². The molecule has 1 aromatic carbocycles. The summed E-state index contributed by atoms with van der Waals surface area (Å²) in [6.45, 7) is 0.716. The lowest BCUT2D eigenvalue weighted by molar-refractivity contribution is -0.158. The van der Waals surface area contributed by atoms with Crippen LogP contribution in [-0.2, 0) is 20.9 Å². The lowest BCUT2D eigenvalue weighted by Crippen LogP contribution is -2.29. The predicted octanol–water partition coefficient (Wildman–Crippen LogP) is 0.0660. The van der Waals surface area contributed by atoms with Gasteiger partial charge in [-0.25, -0.2) is 4.79 Å². The summed E-state index contributed by atoms with van der Waals surface area (Å²) >= 11 is 0. The number of carbonyl (C=O) groups is 1. The molecule has 1 aromatic rings. The summed E-state index contributed by atoms with van der Waals surface area (Å²) in [5.74, 6) is -0.689. The summed E-state index contributed by atoms with van der Waals surface area (Å²) in [4.78, 5) is 11.3. The summed E-state index contributed by atoms with van der Waals surface area (Å²) in [5.41, 5.74) is 6.07. The van der Waals surface area contributed by atoms with E-state index in [2.05, 4.69) is 0 Å². The number of esters is 1. The average Bonchev–Trinajstić information content (AvgIpc) is 2.37. The number of carbonyl (C=O) groups excluding carboxylic acids is 1. The Labute approximate surface area is 100 Å². The molecule has 94 valence electrons. The van der Waals surface area contributed by atoms with E-state index in [1.54, 1.807) is 0 Å². The van der Waals surface area contributed by atoms with Crippen LogP contribution >= 0.6 is 0 Å². The van der Waals surface area contributed by atoms with Gasteiger partial charge in [-0.2, -0.15) is 0 Å². The van der Waals surface area contributed by atoms with Crippen molar-refractivity contribution in [3.8, 4) is 0 Å². The molecule has 1 atom stereocenters. The first-order valence-electron chi connectivity index (χ1n) is 5.40. The Balaban J connectivity index is 2.24. The smallest absolute Gasteiger partial charge is 0.337 e. The van der Waals surface area contributed by atoms with Crippen LogP contribution in [0.25, 0.3) is 0 Å². The molecule has 0 aromatic heterocycles. The van der Waals surface area contributed by atoms with Gasteiger partial charge in [0, 0.05) is 6.54 Å². The van der Waals surface area contributed by atoms with E-state index in [9.17, 15) is 9.90 Å². The second-order valence-corrected chi connectivity index (χ2v) is 3.47. The molecule has 3 N–H and O–H groups in total. The van der Waals surface area contributed by atoms with Gasteiger partial charge in [-0.15, -0.1) is 0 Å². The predicted molar refractivity (Wildman–Crippen MR) is 62.1 cm³/mol. The van der Waals surface area contributed by atoms with Gasteiger partial charge in [-0.1, -0.05) is 30.3 Å². The molecular formula is C12H17NO4. The molecule has 0 saturated carbocycles. The van der Waals surface area contributed by atoms with E-state index in [1.807, 2.05) is 30.3 Å². The Hall–Kier alpha value is -1.43. The molecule has 0 radical (unpaired) electrons. The number of ether oxygens (including phenoxy) is 2. The van der Waals surface area contributed by atoms with Crippen LogP contribution in [0.3, 0.4) is 0 Å². The SMILES string of the molecule is NCCOCC(O)C(=O)OCc1ccccc1. The monoisotopic (exact) mass is 239 g/mol. The molecule has 0 bridgehead atoms. The van der Waals surface area contributed by atoms with Crippen molar-refractivity contribution >= 4 is 5.97 Å². The highest BCUT2D eigenvalue weighted by atomic mass is 16.6. The van der Waals surface area contributed by atoms with Crippen LogP contribution in [-0.4, -0.2) is 36.9 Å². The van der Waals surface area contributed by atoms with Crippen LogP contribution in [0.15, 0.2) is 30.3 Å². The molecule has 0 amide bonds. The molecule has 0 aliphatic rings. The molecule has 0 aliphatic heterocycles. The van der Waals surface area contributed by atoms with Crippen LogP contribution in [0.4, 0.5) is 0 Å². The molecule has 0 heterocycles. The van der Waals surface area contributed by atoms with E-state index in [4.69, 9.17) is 15.2 Å². The van der Waals surface area contributed by atoms with Crippen molar-refractivity contribution in [3.05, 3.63) is 35.9 Å². The number of nitrogens with two attached hydrogens (primary N) is 1. The molecule has 1 unspecified atom stereocenters. The molecule has 5 heteroatoms. The van der Waals surface area contributed by atoms with Crippen LogP contribution in [0.5, 0.6) is 0 Å². The topological polar surface area (TPSA) is 81.8 Å². The van der Waals surface area contributed by atoms with Crippen LogP contribution in [0, 0.1) is 0 Å². The van der Waals surface area contributed by atoms with Crippen molar-refractivity contribution < 1.29 is 19.4 Å². The minimum atomic E-state index is -1.26. The summed E-state index contributed by atoms with van der Waals surface area (Å²) in [5, 5.41) is 9.38. The van der Waals surface area contributed by atoms with E-state index in [0.29, 0.717) is 13.2 Å². The zero-order valence-corrected chi connectivity index (χ0v) is 9.54. The number of aliphatic hydroxyl groups is 1. The van der Waals surface area contributed by atoms with Gasteiger partial charge in [-0.3, -0.25) is 0 Å². The highest BCUT2D eigenvalue weighted by Crippen LogP contribution is 2.02. The highest BCUT2D eigenvalue weighted by Gasteiger charge is 2.16. The van der Waals surface area contributed by atoms with Gasteiger partial charge < -0.3 is 20.3 Å². The zero-order chi connectivity index (χ0) is 12.5. The van der Waals surface area contributed by atoms with Crippen molar-refractivity contribution in [3.63, 3.8) is 0 Å². The molecule has 1 rings (SSSR count). The van der Waals surface area contributed by atoms with Crippen molar-refractivity contribution in [2.24, 2.45) is 5.73 Å². The summed E-state index contributed by atoms with van der Waals surface area (Å²) in [6, 6.07) is 9.25. The van der Waals surface area contributed by atoms with Crippen molar-refractivity contribution in [2.75, 3.05) is 19.8 Å². The van der Waals surface area contributed by atoms with Crippen molar-refractivity contribution in [1.29, 1.82) is 0 Å². The fourth-order valence-electron chi connectivity index (χ4n) is 1.17. The second-order valence-electron chi connectivity index (χ2n) is 3.47. The third kappa shape index (κ3) is 5.44. The lowest BCUT2D eigenvalue weighted by Gasteiger charge is -2.10. The minimum absolute atomic E-state index is 0.0924. The van der Waals surface area contributed by atoms with Gasteiger partial charge in [0.15, 0.2) is 6.10 Å². The lowest BCUT2D eigenvalue weighted by atomic mass is 10.2. The van der Waals surface area contributed by atoms with Gasteiger partial charge >= 0.3 is 5.97 Å². The quantitative estimate of drug-likeness (QED) is 0.519. The Morgan fingerprint density at radius 1 is 1.35 bits per heavy atom. The van der Waals surface area contributed by atoms with E-state index in [0.717, 1.165) is 5.56 Å².